The number of nitrogens with zero attached hydrogens (tertiary/aromatic N) is 5. The number of rotatable bonds is 5. The quantitative estimate of drug-likeness (QED) is 0.326. The van der Waals surface area contributed by atoms with Crippen molar-refractivity contribution < 1.29 is 36.0 Å². The van der Waals surface area contributed by atoms with E-state index in [-0.39, 0.29) is 34.3 Å². The number of ether oxygens (including phenoxy) is 1. The Labute approximate surface area is 173 Å². The van der Waals surface area contributed by atoms with Crippen molar-refractivity contribution in [2.75, 3.05) is 7.11 Å². The van der Waals surface area contributed by atoms with E-state index in [1.165, 1.54) is 13.2 Å². The van der Waals surface area contributed by atoms with Crippen LogP contribution in [0.4, 0.5) is 32.0 Å². The fourth-order valence-corrected chi connectivity index (χ4v) is 2.74. The topological polar surface area (TPSA) is 105 Å². The minimum atomic E-state index is -5.11. The van der Waals surface area contributed by atoms with E-state index in [4.69, 9.17) is 4.74 Å². The zero-order valence-electron chi connectivity index (χ0n) is 15.8. The molecule has 0 unspecified atom stereocenters. The molecular formula is C17H11F6N5O4. The van der Waals surface area contributed by atoms with Crippen molar-refractivity contribution in [1.82, 2.24) is 19.8 Å². The lowest BCUT2D eigenvalue weighted by molar-refractivity contribution is -0.384. The molecule has 0 radical (unpaired) electrons. The molecule has 3 aromatic rings. The Bertz CT molecular complexity index is 1200. The first-order chi connectivity index (χ1) is 14.8. The van der Waals surface area contributed by atoms with Crippen LogP contribution in [0.1, 0.15) is 16.7 Å². The lowest BCUT2D eigenvalue weighted by Crippen LogP contribution is -2.25. The summed E-state index contributed by atoms with van der Waals surface area (Å²) in [4.78, 5) is 22.7. The van der Waals surface area contributed by atoms with Crippen LogP contribution in [0.3, 0.4) is 0 Å². The Balaban J connectivity index is 2.05. The van der Waals surface area contributed by atoms with Crippen molar-refractivity contribution in [3.05, 3.63) is 73.7 Å². The molecule has 0 aliphatic rings. The monoisotopic (exact) mass is 463 g/mol. The molecule has 0 saturated heterocycles. The highest BCUT2D eigenvalue weighted by Crippen LogP contribution is 2.36. The largest absolute Gasteiger partial charge is 0.496 e. The van der Waals surface area contributed by atoms with Crippen LogP contribution in [0.2, 0.25) is 0 Å². The molecule has 1 heterocycles. The van der Waals surface area contributed by atoms with Gasteiger partial charge in [-0.25, -0.2) is 4.79 Å². The number of methoxy groups -OCH3 is 1. The van der Waals surface area contributed by atoms with Crippen LogP contribution in [0.25, 0.3) is 5.69 Å². The molecule has 3 rings (SSSR count). The molecule has 1 aromatic heterocycles. The van der Waals surface area contributed by atoms with Crippen molar-refractivity contribution in [3.8, 4) is 11.4 Å². The third-order valence-electron chi connectivity index (χ3n) is 4.26. The highest BCUT2D eigenvalue weighted by molar-refractivity contribution is 5.44. The van der Waals surface area contributed by atoms with Gasteiger partial charge in [0.15, 0.2) is 0 Å². The molecule has 2 aromatic carbocycles. The molecule has 170 valence electrons. The predicted molar refractivity (Wildman–Crippen MR) is 94.4 cm³/mol. The molecule has 0 aliphatic heterocycles. The number of hydrogen-bond acceptors (Lipinski definition) is 6. The Hall–Kier alpha value is -3.91. The van der Waals surface area contributed by atoms with Crippen molar-refractivity contribution >= 4 is 5.69 Å². The van der Waals surface area contributed by atoms with Crippen LogP contribution >= 0.6 is 0 Å². The summed E-state index contributed by atoms with van der Waals surface area (Å²) in [5.41, 5.74) is -5.25. The van der Waals surface area contributed by atoms with Crippen molar-refractivity contribution in [2.45, 2.75) is 18.9 Å². The van der Waals surface area contributed by atoms with Gasteiger partial charge in [0.25, 0.3) is 5.69 Å². The molecule has 0 amide bonds. The number of nitro groups is 1. The summed E-state index contributed by atoms with van der Waals surface area (Å²) in [7, 11) is 1.21. The SMILES string of the molecule is COc1cc([N+](=O)[O-])ccc1Cn1nnn(-c2cc(C(F)(F)F)cc(C(F)(F)F)c2)c1=O. The van der Waals surface area contributed by atoms with Gasteiger partial charge in [0, 0.05) is 11.6 Å². The van der Waals surface area contributed by atoms with Gasteiger partial charge in [0.2, 0.25) is 0 Å². The number of benzene rings is 2. The fraction of sp³-hybridized carbons (Fsp3) is 0.235. The van der Waals surface area contributed by atoms with Crippen LogP contribution < -0.4 is 10.4 Å². The van der Waals surface area contributed by atoms with Gasteiger partial charge in [-0.15, -0.1) is 0 Å². The van der Waals surface area contributed by atoms with E-state index in [0.717, 1.165) is 12.1 Å². The third kappa shape index (κ3) is 4.55. The molecular weight excluding hydrogens is 452 g/mol. The summed E-state index contributed by atoms with van der Waals surface area (Å²) in [6.45, 7) is -0.370. The molecule has 0 spiro atoms. The lowest BCUT2D eigenvalue weighted by atomic mass is 10.1. The van der Waals surface area contributed by atoms with Gasteiger partial charge in [-0.05, 0) is 34.7 Å². The average molecular weight is 463 g/mol. The molecule has 0 saturated carbocycles. The van der Waals surface area contributed by atoms with Gasteiger partial charge in [0.05, 0.1) is 41.5 Å². The molecule has 32 heavy (non-hydrogen) atoms. The maximum Gasteiger partial charge on any atom is 0.416 e. The highest BCUT2D eigenvalue weighted by atomic mass is 19.4. The van der Waals surface area contributed by atoms with E-state index in [1.807, 2.05) is 0 Å². The van der Waals surface area contributed by atoms with Gasteiger partial charge in [0.1, 0.15) is 5.75 Å². The van der Waals surface area contributed by atoms with Gasteiger partial charge < -0.3 is 4.74 Å². The number of aromatic nitrogens is 4. The van der Waals surface area contributed by atoms with Gasteiger partial charge in [-0.1, -0.05) is 0 Å². The normalized spacial score (nSPS) is 12.1. The molecule has 0 N–H and O–H groups in total. The second-order valence-corrected chi connectivity index (χ2v) is 6.35. The van der Waals surface area contributed by atoms with E-state index >= 15 is 0 Å². The van der Waals surface area contributed by atoms with Gasteiger partial charge in [-0.3, -0.25) is 10.1 Å². The maximum atomic E-state index is 13.1. The summed E-state index contributed by atoms with van der Waals surface area (Å²) < 4.78 is 84.3. The Morgan fingerprint density at radius 3 is 2.09 bits per heavy atom. The molecule has 15 heteroatoms. The first-order valence-corrected chi connectivity index (χ1v) is 8.45. The molecule has 0 atom stereocenters. The number of tetrazole rings is 1. The zero-order chi connectivity index (χ0) is 23.8. The molecule has 0 bridgehead atoms. The van der Waals surface area contributed by atoms with E-state index in [2.05, 4.69) is 10.4 Å². The number of non-ortho nitro benzene ring substituents is 1. The number of hydrogen-bond donors (Lipinski definition) is 0. The van der Waals surface area contributed by atoms with E-state index in [9.17, 15) is 41.3 Å². The van der Waals surface area contributed by atoms with E-state index in [1.54, 1.807) is 0 Å². The summed E-state index contributed by atoms with van der Waals surface area (Å²) in [6, 6.07) is 4.04. The van der Waals surface area contributed by atoms with Crippen LogP contribution in [0.5, 0.6) is 5.75 Å². The smallest absolute Gasteiger partial charge is 0.416 e. The van der Waals surface area contributed by atoms with Crippen molar-refractivity contribution in [3.63, 3.8) is 0 Å². The Morgan fingerprint density at radius 2 is 1.59 bits per heavy atom. The summed E-state index contributed by atoms with van der Waals surface area (Å²) >= 11 is 0. The first kappa shape index (κ1) is 22.8. The highest BCUT2D eigenvalue weighted by Gasteiger charge is 2.37. The van der Waals surface area contributed by atoms with E-state index < -0.39 is 39.8 Å². The van der Waals surface area contributed by atoms with Crippen LogP contribution in [0, 0.1) is 10.1 Å². The zero-order valence-corrected chi connectivity index (χ0v) is 15.8. The van der Waals surface area contributed by atoms with Gasteiger partial charge >= 0.3 is 18.0 Å². The third-order valence-corrected chi connectivity index (χ3v) is 4.26. The summed E-state index contributed by atoms with van der Waals surface area (Å²) in [5, 5.41) is 17.7. The van der Waals surface area contributed by atoms with Crippen molar-refractivity contribution in [2.24, 2.45) is 0 Å². The number of halogens is 6. The minimum Gasteiger partial charge on any atom is -0.496 e. The summed E-state index contributed by atoms with van der Waals surface area (Å²) in [5.74, 6) is 0.0130. The van der Waals surface area contributed by atoms with E-state index in [0.29, 0.717) is 16.8 Å². The maximum absolute atomic E-state index is 13.1. The first-order valence-electron chi connectivity index (χ1n) is 8.45. The standard InChI is InChI=1S/C17H11F6N5O4/c1-32-14-7-12(28(30)31)3-2-9(14)8-26-15(29)27(25-24-26)13-5-10(16(18,19)20)4-11(6-13)17(21,22)23/h2-7H,8H2,1H3. The fourth-order valence-electron chi connectivity index (χ4n) is 2.74. The Morgan fingerprint density at radius 1 is 1.00 bits per heavy atom. The number of alkyl halides is 6. The molecule has 0 aliphatic carbocycles. The van der Waals surface area contributed by atoms with Crippen molar-refractivity contribution in [1.29, 1.82) is 0 Å². The number of nitro benzene ring substituents is 1. The van der Waals surface area contributed by atoms with Crippen LogP contribution in [0.15, 0.2) is 41.2 Å². The second-order valence-electron chi connectivity index (χ2n) is 6.35. The minimum absolute atomic E-state index is 0.0130. The van der Waals surface area contributed by atoms with Crippen LogP contribution in [-0.4, -0.2) is 31.8 Å². The van der Waals surface area contributed by atoms with Crippen LogP contribution in [-0.2, 0) is 18.9 Å². The predicted octanol–water partition coefficient (Wildman–Crippen LogP) is 3.43. The Kier molecular flexibility index (Phi) is 5.67. The average Bonchev–Trinajstić information content (AvgIpc) is 3.06. The molecule has 0 fully saturated rings. The summed E-state index contributed by atoms with van der Waals surface area (Å²) in [6.07, 6.45) is -10.2. The second kappa shape index (κ2) is 7.97. The lowest BCUT2D eigenvalue weighted by Gasteiger charge is -2.13. The van der Waals surface area contributed by atoms with Gasteiger partial charge in [-0.2, -0.15) is 35.7 Å². The molecule has 9 nitrogen and oxygen atoms in total.